The largest absolute Gasteiger partial charge is 0.364 e. The van der Waals surface area contributed by atoms with E-state index in [9.17, 15) is 9.18 Å². The summed E-state index contributed by atoms with van der Waals surface area (Å²) >= 11 is 0. The lowest BCUT2D eigenvalue weighted by Crippen LogP contribution is -2.11. The van der Waals surface area contributed by atoms with Crippen LogP contribution in [0, 0.1) is 5.82 Å². The van der Waals surface area contributed by atoms with Crippen molar-refractivity contribution in [3.8, 4) is 11.3 Å². The molecule has 0 aliphatic heterocycles. The fraction of sp³-hybridized carbons (Fsp3) is 0.0909. The molecule has 82 valence electrons. The molecule has 1 amide bonds. The summed E-state index contributed by atoms with van der Waals surface area (Å²) in [5, 5.41) is 3.94. The van der Waals surface area contributed by atoms with E-state index in [1.165, 1.54) is 22.9 Å². The summed E-state index contributed by atoms with van der Waals surface area (Å²) < 4.78 is 14.5. The van der Waals surface area contributed by atoms with Gasteiger partial charge in [0.2, 0.25) is 0 Å². The van der Waals surface area contributed by atoms with Crippen molar-refractivity contribution in [3.05, 3.63) is 41.8 Å². The second-order valence-electron chi connectivity index (χ2n) is 3.41. The van der Waals surface area contributed by atoms with Crippen molar-refractivity contribution in [3.63, 3.8) is 0 Å². The minimum atomic E-state index is -0.599. The molecule has 0 fully saturated rings. The average Bonchev–Trinajstić information content (AvgIpc) is 2.60. The van der Waals surface area contributed by atoms with Crippen LogP contribution in [0.15, 0.2) is 30.3 Å². The molecule has 0 aliphatic rings. The van der Waals surface area contributed by atoms with Crippen LogP contribution >= 0.6 is 0 Å². The molecule has 4 nitrogen and oxygen atoms in total. The highest BCUT2D eigenvalue weighted by Gasteiger charge is 2.11. The predicted octanol–water partition coefficient (Wildman–Crippen LogP) is 1.33. The monoisotopic (exact) mass is 219 g/mol. The summed E-state index contributed by atoms with van der Waals surface area (Å²) in [4.78, 5) is 10.9. The van der Waals surface area contributed by atoms with Crippen LogP contribution in [-0.4, -0.2) is 15.7 Å². The van der Waals surface area contributed by atoms with Crippen molar-refractivity contribution < 1.29 is 9.18 Å². The SMILES string of the molecule is Cn1nc(C(N)=O)cc1-c1cccc(F)c1. The van der Waals surface area contributed by atoms with Crippen molar-refractivity contribution in [2.75, 3.05) is 0 Å². The van der Waals surface area contributed by atoms with E-state index in [2.05, 4.69) is 5.10 Å². The zero-order valence-corrected chi connectivity index (χ0v) is 8.64. The Morgan fingerprint density at radius 1 is 1.44 bits per heavy atom. The zero-order chi connectivity index (χ0) is 11.7. The summed E-state index contributed by atoms with van der Waals surface area (Å²) in [7, 11) is 1.67. The third-order valence-corrected chi connectivity index (χ3v) is 2.25. The zero-order valence-electron chi connectivity index (χ0n) is 8.64. The molecule has 1 aromatic carbocycles. The number of nitrogens with zero attached hydrogens (tertiary/aromatic N) is 2. The number of carbonyl (C=O) groups excluding carboxylic acids is 1. The Bertz CT molecular complexity index is 548. The molecule has 1 aromatic heterocycles. The molecule has 0 aliphatic carbocycles. The van der Waals surface area contributed by atoms with Gasteiger partial charge in [0, 0.05) is 12.6 Å². The molecule has 2 N–H and O–H groups in total. The minimum absolute atomic E-state index is 0.168. The number of halogens is 1. The molecular formula is C11H10FN3O. The lowest BCUT2D eigenvalue weighted by Gasteiger charge is -2.00. The highest BCUT2D eigenvalue weighted by atomic mass is 19.1. The Labute approximate surface area is 91.5 Å². The highest BCUT2D eigenvalue weighted by Crippen LogP contribution is 2.20. The third kappa shape index (κ3) is 1.79. The fourth-order valence-corrected chi connectivity index (χ4v) is 1.51. The molecule has 0 atom stereocenters. The molecule has 0 spiro atoms. The van der Waals surface area contributed by atoms with Crippen LogP contribution in [-0.2, 0) is 7.05 Å². The van der Waals surface area contributed by atoms with Crippen molar-refractivity contribution in [2.24, 2.45) is 12.8 Å². The average molecular weight is 219 g/mol. The van der Waals surface area contributed by atoms with Gasteiger partial charge < -0.3 is 5.73 Å². The molecule has 0 saturated heterocycles. The smallest absolute Gasteiger partial charge is 0.269 e. The lowest BCUT2D eigenvalue weighted by atomic mass is 10.1. The molecule has 0 saturated carbocycles. The van der Waals surface area contributed by atoms with Gasteiger partial charge in [-0.3, -0.25) is 9.48 Å². The summed E-state index contributed by atoms with van der Waals surface area (Å²) in [6.07, 6.45) is 0. The van der Waals surface area contributed by atoms with E-state index in [1.807, 2.05) is 0 Å². The van der Waals surface area contributed by atoms with Crippen LogP contribution in [0.4, 0.5) is 4.39 Å². The Hall–Kier alpha value is -2.17. The van der Waals surface area contributed by atoms with Crippen LogP contribution in [0.3, 0.4) is 0 Å². The van der Waals surface area contributed by atoms with Gasteiger partial charge in [-0.2, -0.15) is 5.10 Å². The Morgan fingerprint density at radius 2 is 2.19 bits per heavy atom. The van der Waals surface area contributed by atoms with Crippen LogP contribution in [0.2, 0.25) is 0 Å². The number of aromatic nitrogens is 2. The van der Waals surface area contributed by atoms with Gasteiger partial charge >= 0.3 is 0 Å². The Balaban J connectivity index is 2.52. The van der Waals surface area contributed by atoms with E-state index in [-0.39, 0.29) is 11.5 Å². The molecule has 0 bridgehead atoms. The van der Waals surface area contributed by atoms with Crippen molar-refractivity contribution >= 4 is 5.91 Å². The van der Waals surface area contributed by atoms with E-state index in [1.54, 1.807) is 19.2 Å². The minimum Gasteiger partial charge on any atom is -0.364 e. The first-order chi connectivity index (χ1) is 7.58. The molecule has 16 heavy (non-hydrogen) atoms. The first-order valence-electron chi connectivity index (χ1n) is 4.67. The predicted molar refractivity (Wildman–Crippen MR) is 57.1 cm³/mol. The molecule has 0 radical (unpaired) electrons. The quantitative estimate of drug-likeness (QED) is 0.828. The van der Waals surface area contributed by atoms with E-state index >= 15 is 0 Å². The molecule has 2 rings (SSSR count). The van der Waals surface area contributed by atoms with Gasteiger partial charge in [0.1, 0.15) is 5.82 Å². The number of rotatable bonds is 2. The summed E-state index contributed by atoms with van der Waals surface area (Å²) in [5.41, 5.74) is 6.59. The number of benzene rings is 1. The standard InChI is InChI=1S/C11H10FN3O/c1-15-10(6-9(14-15)11(13)16)7-3-2-4-8(12)5-7/h2-6H,1H3,(H2,13,16). The molecule has 5 heteroatoms. The van der Waals surface area contributed by atoms with Crippen LogP contribution < -0.4 is 5.73 Å². The number of hydrogen-bond donors (Lipinski definition) is 1. The number of nitrogens with two attached hydrogens (primary N) is 1. The molecule has 0 unspecified atom stereocenters. The topological polar surface area (TPSA) is 60.9 Å². The van der Waals surface area contributed by atoms with Gasteiger partial charge in [-0.05, 0) is 18.2 Å². The summed E-state index contributed by atoms with van der Waals surface area (Å²) in [6, 6.07) is 7.61. The van der Waals surface area contributed by atoms with Crippen molar-refractivity contribution in [2.45, 2.75) is 0 Å². The van der Waals surface area contributed by atoms with Crippen molar-refractivity contribution in [1.82, 2.24) is 9.78 Å². The lowest BCUT2D eigenvalue weighted by molar-refractivity contribution is 0.0995. The van der Waals surface area contributed by atoms with Crippen LogP contribution in [0.1, 0.15) is 10.5 Å². The van der Waals surface area contributed by atoms with E-state index in [0.29, 0.717) is 11.3 Å². The number of carbonyl (C=O) groups is 1. The highest BCUT2D eigenvalue weighted by molar-refractivity contribution is 5.91. The van der Waals surface area contributed by atoms with Gasteiger partial charge in [0.15, 0.2) is 5.69 Å². The normalized spacial score (nSPS) is 10.4. The third-order valence-electron chi connectivity index (χ3n) is 2.25. The number of aryl methyl sites for hydroxylation is 1. The van der Waals surface area contributed by atoms with E-state index < -0.39 is 5.91 Å². The molecule has 2 aromatic rings. The number of amides is 1. The van der Waals surface area contributed by atoms with E-state index in [0.717, 1.165) is 0 Å². The van der Waals surface area contributed by atoms with Gasteiger partial charge in [-0.15, -0.1) is 0 Å². The van der Waals surface area contributed by atoms with E-state index in [4.69, 9.17) is 5.73 Å². The first-order valence-corrected chi connectivity index (χ1v) is 4.67. The van der Waals surface area contributed by atoms with Gasteiger partial charge in [0.05, 0.1) is 5.69 Å². The van der Waals surface area contributed by atoms with Crippen LogP contribution in [0.25, 0.3) is 11.3 Å². The van der Waals surface area contributed by atoms with Gasteiger partial charge in [-0.25, -0.2) is 4.39 Å². The number of hydrogen-bond acceptors (Lipinski definition) is 2. The van der Waals surface area contributed by atoms with Gasteiger partial charge in [0.25, 0.3) is 5.91 Å². The maximum absolute atomic E-state index is 13.0. The summed E-state index contributed by atoms with van der Waals surface area (Å²) in [6.45, 7) is 0. The Morgan fingerprint density at radius 3 is 2.75 bits per heavy atom. The summed E-state index contributed by atoms with van der Waals surface area (Å²) in [5.74, 6) is -0.933. The van der Waals surface area contributed by atoms with Gasteiger partial charge in [-0.1, -0.05) is 12.1 Å². The second-order valence-corrected chi connectivity index (χ2v) is 3.41. The second kappa shape index (κ2) is 3.77. The van der Waals surface area contributed by atoms with Crippen molar-refractivity contribution in [1.29, 1.82) is 0 Å². The van der Waals surface area contributed by atoms with Crippen LogP contribution in [0.5, 0.6) is 0 Å². The number of primary amides is 1. The molecule has 1 heterocycles. The maximum Gasteiger partial charge on any atom is 0.269 e. The first kappa shape index (κ1) is 10.4. The fourth-order valence-electron chi connectivity index (χ4n) is 1.51. The Kier molecular flexibility index (Phi) is 2.44. The maximum atomic E-state index is 13.0. The molecular weight excluding hydrogens is 209 g/mol.